The first kappa shape index (κ1) is 18.3. The Balaban J connectivity index is 1.61. The molecule has 4 aromatic rings. The van der Waals surface area contributed by atoms with E-state index in [4.69, 9.17) is 5.11 Å². The summed E-state index contributed by atoms with van der Waals surface area (Å²) in [7, 11) is 0. The molecule has 3 heterocycles. The molecule has 4 rings (SSSR count). The van der Waals surface area contributed by atoms with Crippen molar-refractivity contribution in [1.29, 1.82) is 0 Å². The van der Waals surface area contributed by atoms with Crippen molar-refractivity contribution in [2.75, 3.05) is 0 Å². The molecule has 140 valence electrons. The molecule has 8 heteroatoms. The third-order valence-electron chi connectivity index (χ3n) is 4.13. The number of hydrogen-bond donors (Lipinski definition) is 2. The van der Waals surface area contributed by atoms with Crippen LogP contribution in [0.25, 0.3) is 21.1 Å². The molecule has 0 aliphatic heterocycles. The number of hydrogen-bond acceptors (Lipinski definition) is 7. The molecule has 6 nitrogen and oxygen atoms in total. The lowest BCUT2D eigenvalue weighted by molar-refractivity contribution is 0.0694. The summed E-state index contributed by atoms with van der Waals surface area (Å²) in [6.07, 6.45) is 4.31. The average Bonchev–Trinajstić information content (AvgIpc) is 3.29. The zero-order chi connectivity index (χ0) is 19.7. The van der Waals surface area contributed by atoms with Gasteiger partial charge in [-0.2, -0.15) is 0 Å². The van der Waals surface area contributed by atoms with Crippen LogP contribution in [0.1, 0.15) is 26.6 Å². The summed E-state index contributed by atoms with van der Waals surface area (Å²) >= 11 is 3.05. The minimum Gasteiger partial charge on any atom is -0.507 e. The molecule has 0 saturated heterocycles. The van der Waals surface area contributed by atoms with Gasteiger partial charge in [0.2, 0.25) is 0 Å². The molecule has 0 radical (unpaired) electrons. The Kier molecular flexibility index (Phi) is 4.89. The number of phenols is 1. The molecule has 0 aliphatic rings. The first-order valence-corrected chi connectivity index (χ1v) is 10.1. The van der Waals surface area contributed by atoms with Crippen molar-refractivity contribution in [1.82, 2.24) is 15.0 Å². The number of aromatic hydroxyl groups is 1. The smallest absolute Gasteiger partial charge is 0.339 e. The van der Waals surface area contributed by atoms with Crippen molar-refractivity contribution in [2.24, 2.45) is 0 Å². The Hall–Kier alpha value is -3.10. The summed E-state index contributed by atoms with van der Waals surface area (Å²) in [5.41, 5.74) is 3.41. The van der Waals surface area contributed by atoms with Crippen molar-refractivity contribution in [3.8, 4) is 26.9 Å². The van der Waals surface area contributed by atoms with Crippen LogP contribution in [0.2, 0.25) is 0 Å². The lowest BCUT2D eigenvalue weighted by Crippen LogP contribution is -1.96. The number of carbonyl (C=O) groups is 1. The first-order valence-electron chi connectivity index (χ1n) is 8.39. The van der Waals surface area contributed by atoms with Crippen molar-refractivity contribution < 1.29 is 15.0 Å². The predicted molar refractivity (Wildman–Crippen MR) is 109 cm³/mol. The Labute approximate surface area is 168 Å². The summed E-state index contributed by atoms with van der Waals surface area (Å²) < 4.78 is 0. The second kappa shape index (κ2) is 7.49. The second-order valence-electron chi connectivity index (χ2n) is 6.14. The normalized spacial score (nSPS) is 10.9. The monoisotopic (exact) mass is 409 g/mol. The largest absolute Gasteiger partial charge is 0.507 e. The highest BCUT2D eigenvalue weighted by molar-refractivity contribution is 7.16. The van der Waals surface area contributed by atoms with Crippen LogP contribution in [0.3, 0.4) is 0 Å². The maximum absolute atomic E-state index is 11.0. The number of aromatic nitrogens is 3. The standard InChI is InChI=1S/C20H15N3O3S2/c1-11-18(28-17(22-11)7-12-3-2-6-21-9-12)15-10-27-19(23-15)13-4-5-14(20(25)26)16(24)8-13/h2-6,8-10,24H,7H2,1H3,(H,25,26). The van der Waals surface area contributed by atoms with E-state index in [1.165, 1.54) is 23.5 Å². The van der Waals surface area contributed by atoms with E-state index in [2.05, 4.69) is 15.0 Å². The topological polar surface area (TPSA) is 96.2 Å². The van der Waals surface area contributed by atoms with Gasteiger partial charge in [0.15, 0.2) is 0 Å². The molecule has 3 aromatic heterocycles. The van der Waals surface area contributed by atoms with E-state index >= 15 is 0 Å². The van der Waals surface area contributed by atoms with Gasteiger partial charge < -0.3 is 10.2 Å². The minimum atomic E-state index is -1.16. The Morgan fingerprint density at radius 3 is 2.79 bits per heavy atom. The SMILES string of the molecule is Cc1nc(Cc2cccnc2)sc1-c1csc(-c2ccc(C(=O)O)c(O)c2)n1. The molecule has 0 amide bonds. The first-order chi connectivity index (χ1) is 13.5. The van der Waals surface area contributed by atoms with E-state index in [1.54, 1.807) is 23.6 Å². The lowest BCUT2D eigenvalue weighted by atomic mass is 10.1. The number of aromatic carboxylic acids is 1. The highest BCUT2D eigenvalue weighted by Crippen LogP contribution is 2.35. The maximum Gasteiger partial charge on any atom is 0.339 e. The van der Waals surface area contributed by atoms with Gasteiger partial charge in [0.1, 0.15) is 16.3 Å². The van der Waals surface area contributed by atoms with E-state index in [1.807, 2.05) is 30.6 Å². The fraction of sp³-hybridized carbons (Fsp3) is 0.100. The number of thiazole rings is 2. The second-order valence-corrected chi connectivity index (χ2v) is 8.08. The van der Waals surface area contributed by atoms with E-state index in [0.29, 0.717) is 10.6 Å². The number of benzene rings is 1. The summed E-state index contributed by atoms with van der Waals surface area (Å²) in [6.45, 7) is 1.96. The summed E-state index contributed by atoms with van der Waals surface area (Å²) in [6, 6.07) is 8.41. The summed E-state index contributed by atoms with van der Waals surface area (Å²) in [4.78, 5) is 25.5. The molecular weight excluding hydrogens is 394 g/mol. The van der Waals surface area contributed by atoms with Gasteiger partial charge in [-0.25, -0.2) is 14.8 Å². The van der Waals surface area contributed by atoms with Crippen molar-refractivity contribution in [3.63, 3.8) is 0 Å². The molecule has 2 N–H and O–H groups in total. The summed E-state index contributed by atoms with van der Waals surface area (Å²) in [5.74, 6) is -1.43. The van der Waals surface area contributed by atoms with Gasteiger partial charge in [-0.15, -0.1) is 22.7 Å². The number of pyridine rings is 1. The number of rotatable bonds is 5. The number of carboxylic acids is 1. The molecule has 1 aromatic carbocycles. The lowest BCUT2D eigenvalue weighted by Gasteiger charge is -2.01. The van der Waals surface area contributed by atoms with E-state index in [9.17, 15) is 9.90 Å². The third-order valence-corrected chi connectivity index (χ3v) is 6.20. The van der Waals surface area contributed by atoms with Gasteiger partial charge in [0.05, 0.1) is 21.3 Å². The van der Waals surface area contributed by atoms with Gasteiger partial charge in [-0.3, -0.25) is 4.98 Å². The minimum absolute atomic E-state index is 0.126. The van der Waals surface area contributed by atoms with Crippen LogP contribution in [-0.2, 0) is 6.42 Å². The molecular formula is C20H15N3O3S2. The van der Waals surface area contributed by atoms with Gasteiger partial charge in [-0.1, -0.05) is 12.1 Å². The average molecular weight is 409 g/mol. The highest BCUT2D eigenvalue weighted by atomic mass is 32.1. The zero-order valence-electron chi connectivity index (χ0n) is 14.8. The molecule has 0 atom stereocenters. The van der Waals surface area contributed by atoms with Crippen LogP contribution < -0.4 is 0 Å². The van der Waals surface area contributed by atoms with Crippen molar-refractivity contribution >= 4 is 28.6 Å². The Morgan fingerprint density at radius 2 is 2.07 bits per heavy atom. The van der Waals surface area contributed by atoms with Crippen molar-refractivity contribution in [3.05, 3.63) is 69.9 Å². The van der Waals surface area contributed by atoms with Gasteiger partial charge in [0.25, 0.3) is 0 Å². The molecule has 0 aliphatic carbocycles. The fourth-order valence-electron chi connectivity index (χ4n) is 2.80. The molecule has 0 fully saturated rings. The van der Waals surface area contributed by atoms with Gasteiger partial charge in [0, 0.05) is 29.8 Å². The van der Waals surface area contributed by atoms with E-state index in [-0.39, 0.29) is 11.3 Å². The van der Waals surface area contributed by atoms with Gasteiger partial charge >= 0.3 is 5.97 Å². The van der Waals surface area contributed by atoms with Crippen LogP contribution in [0.15, 0.2) is 48.1 Å². The quantitative estimate of drug-likeness (QED) is 0.499. The number of aryl methyl sites for hydroxylation is 1. The fourth-order valence-corrected chi connectivity index (χ4v) is 4.74. The molecule has 0 saturated carbocycles. The van der Waals surface area contributed by atoms with Crippen molar-refractivity contribution in [2.45, 2.75) is 13.3 Å². The summed E-state index contributed by atoms with van der Waals surface area (Å²) in [5, 5.41) is 22.6. The Bertz CT molecular complexity index is 1150. The van der Waals surface area contributed by atoms with E-state index in [0.717, 1.165) is 33.3 Å². The molecule has 28 heavy (non-hydrogen) atoms. The highest BCUT2D eigenvalue weighted by Gasteiger charge is 2.16. The van der Waals surface area contributed by atoms with Gasteiger partial charge in [-0.05, 0) is 30.7 Å². The van der Waals surface area contributed by atoms with Crippen LogP contribution in [0, 0.1) is 6.92 Å². The molecule has 0 unspecified atom stereocenters. The number of nitrogens with zero attached hydrogens (tertiary/aromatic N) is 3. The Morgan fingerprint density at radius 1 is 1.21 bits per heavy atom. The maximum atomic E-state index is 11.0. The third kappa shape index (κ3) is 3.64. The van der Waals surface area contributed by atoms with Crippen LogP contribution >= 0.6 is 22.7 Å². The van der Waals surface area contributed by atoms with E-state index < -0.39 is 5.97 Å². The van der Waals surface area contributed by atoms with Crippen LogP contribution in [0.5, 0.6) is 5.75 Å². The zero-order valence-corrected chi connectivity index (χ0v) is 16.4. The molecule has 0 bridgehead atoms. The van der Waals surface area contributed by atoms with Crippen LogP contribution in [-0.4, -0.2) is 31.1 Å². The van der Waals surface area contributed by atoms with Crippen LogP contribution in [0.4, 0.5) is 0 Å². The predicted octanol–water partition coefficient (Wildman–Crippen LogP) is 4.63. The molecule has 0 spiro atoms. The number of carboxylic acid groups (broad SMARTS) is 1.